The average Bonchev–Trinajstić information content (AvgIpc) is 2.22. The Bertz CT molecular complexity index is 355. The highest BCUT2D eigenvalue weighted by Crippen LogP contribution is 1.68. The molecule has 0 aliphatic rings. The minimum atomic E-state index is 1.01. The average molecular weight is 193 g/mol. The van der Waals surface area contributed by atoms with Gasteiger partial charge in [-0.2, -0.15) is 12.6 Å². The summed E-state index contributed by atoms with van der Waals surface area (Å²) in [6, 6.07) is 3.94. The molecule has 0 radical (unpaired) electrons. The Morgan fingerprint density at radius 1 is 1.46 bits per heavy atom. The van der Waals surface area contributed by atoms with Crippen molar-refractivity contribution in [1.82, 2.24) is 4.98 Å². The number of hydrogen-bond donors (Lipinski definition) is 1. The zero-order valence-electron chi connectivity index (χ0n) is 8.07. The van der Waals surface area contributed by atoms with E-state index in [0.717, 1.165) is 10.6 Å². The van der Waals surface area contributed by atoms with Crippen LogP contribution in [0.15, 0.2) is 31.0 Å². The maximum Gasteiger partial charge on any atom is 0.0659 e. The summed E-state index contributed by atoms with van der Waals surface area (Å²) in [6.07, 6.45) is 9.18. The summed E-state index contributed by atoms with van der Waals surface area (Å²) in [6.45, 7) is 5.61. The van der Waals surface area contributed by atoms with E-state index in [2.05, 4.69) is 24.2 Å². The summed E-state index contributed by atoms with van der Waals surface area (Å²) in [7, 11) is 0. The van der Waals surface area contributed by atoms with Crippen LogP contribution in [0.4, 0.5) is 0 Å². The van der Waals surface area contributed by atoms with Crippen LogP contribution in [0.1, 0.15) is 6.92 Å². The maximum absolute atomic E-state index is 4.18. The minimum Gasteiger partial charge on any atom is -0.257 e. The Kier molecular flexibility index (Phi) is 7.02. The van der Waals surface area contributed by atoms with E-state index in [-0.39, 0.29) is 0 Å². The minimum absolute atomic E-state index is 1.01. The van der Waals surface area contributed by atoms with Crippen molar-refractivity contribution in [2.24, 2.45) is 0 Å². The van der Waals surface area contributed by atoms with Crippen LogP contribution in [-0.2, 0) is 0 Å². The van der Waals surface area contributed by atoms with E-state index < -0.39 is 0 Å². The summed E-state index contributed by atoms with van der Waals surface area (Å²) in [4.78, 5) is 4.18. The van der Waals surface area contributed by atoms with Crippen molar-refractivity contribution in [3.63, 3.8) is 0 Å². The third-order valence-corrected chi connectivity index (χ3v) is 1.44. The maximum atomic E-state index is 4.18. The molecule has 0 unspecified atom stereocenters. The number of rotatable bonds is 1. The Morgan fingerprint density at radius 3 is 2.69 bits per heavy atom. The van der Waals surface area contributed by atoms with Gasteiger partial charge in [-0.05, 0) is 24.5 Å². The zero-order valence-corrected chi connectivity index (χ0v) is 8.96. The first-order valence-corrected chi connectivity index (χ1v) is 4.93. The van der Waals surface area contributed by atoms with Crippen molar-refractivity contribution < 1.29 is 0 Å². The Balaban J connectivity index is 0.000000671. The van der Waals surface area contributed by atoms with E-state index in [1.54, 1.807) is 18.5 Å². The van der Waals surface area contributed by atoms with Crippen molar-refractivity contribution >= 4 is 24.8 Å². The van der Waals surface area contributed by atoms with Gasteiger partial charge >= 0.3 is 0 Å². The predicted molar refractivity (Wildman–Crippen MR) is 63.2 cm³/mol. The predicted octanol–water partition coefficient (Wildman–Crippen LogP) is 1.39. The van der Waals surface area contributed by atoms with Crippen molar-refractivity contribution in [2.75, 3.05) is 6.26 Å². The smallest absolute Gasteiger partial charge is 0.0659 e. The summed E-state index contributed by atoms with van der Waals surface area (Å²) in [5, 5.41) is 2.12. The molecule has 0 aromatic carbocycles. The molecule has 0 amide bonds. The number of thiol groups is 1. The molecule has 2 heteroatoms. The van der Waals surface area contributed by atoms with Crippen LogP contribution in [-0.4, -0.2) is 11.2 Å². The zero-order chi connectivity index (χ0) is 10.1. The number of hydrogen-bond acceptors (Lipinski definition) is 2. The second kappa shape index (κ2) is 7.62. The molecule has 1 aromatic heterocycles. The number of pyridine rings is 1. The molecule has 1 aromatic rings. The van der Waals surface area contributed by atoms with Gasteiger partial charge < -0.3 is 0 Å². The van der Waals surface area contributed by atoms with Crippen LogP contribution in [0.5, 0.6) is 0 Å². The Hall–Kier alpha value is -1.02. The van der Waals surface area contributed by atoms with E-state index in [4.69, 9.17) is 0 Å². The summed E-state index contributed by atoms with van der Waals surface area (Å²) in [5.74, 6) is 0. The molecule has 70 valence electrons. The largest absolute Gasteiger partial charge is 0.257 e. The molecule has 1 heterocycles. The van der Waals surface area contributed by atoms with Crippen molar-refractivity contribution in [2.45, 2.75) is 6.92 Å². The molecule has 0 aliphatic carbocycles. The van der Waals surface area contributed by atoms with E-state index >= 15 is 0 Å². The standard InChI is InChI=1S/C10H11N.CH4S/c1-3-6-9-7-5-8-11-10(9)4-2;1-2/h3-8H,1H2,2H3;2H,1H3/b9-6-,10-4+;. The van der Waals surface area contributed by atoms with Gasteiger partial charge in [0.15, 0.2) is 0 Å². The van der Waals surface area contributed by atoms with Crippen molar-refractivity contribution in [3.05, 3.63) is 41.6 Å². The van der Waals surface area contributed by atoms with Gasteiger partial charge in [-0.3, -0.25) is 4.98 Å². The number of nitrogens with zero attached hydrogens (tertiary/aromatic N) is 1. The van der Waals surface area contributed by atoms with E-state index in [0.29, 0.717) is 0 Å². The van der Waals surface area contributed by atoms with E-state index in [9.17, 15) is 0 Å². The summed E-state index contributed by atoms with van der Waals surface area (Å²) < 4.78 is 0. The molecular weight excluding hydrogens is 178 g/mol. The number of allylic oxidation sites excluding steroid dienone is 1. The SMILES string of the molecule is C=C/C=c1/cccn/c1=C/C.CS. The molecule has 13 heavy (non-hydrogen) atoms. The first kappa shape index (κ1) is 12.0. The number of aromatic nitrogens is 1. The highest BCUT2D eigenvalue weighted by Gasteiger charge is 1.79. The Labute approximate surface area is 84.9 Å². The second-order valence-electron chi connectivity index (χ2n) is 2.17. The van der Waals surface area contributed by atoms with Crippen LogP contribution in [0.2, 0.25) is 0 Å². The molecule has 1 nitrogen and oxygen atoms in total. The molecule has 0 saturated carbocycles. The van der Waals surface area contributed by atoms with Gasteiger partial charge in [0.2, 0.25) is 0 Å². The molecule has 0 atom stereocenters. The second-order valence-corrected chi connectivity index (χ2v) is 2.17. The van der Waals surface area contributed by atoms with Gasteiger partial charge in [0.1, 0.15) is 0 Å². The van der Waals surface area contributed by atoms with E-state index in [1.165, 1.54) is 0 Å². The van der Waals surface area contributed by atoms with Gasteiger partial charge in [-0.15, -0.1) is 0 Å². The lowest BCUT2D eigenvalue weighted by atomic mass is 10.3. The molecule has 0 saturated heterocycles. The highest BCUT2D eigenvalue weighted by molar-refractivity contribution is 7.79. The third-order valence-electron chi connectivity index (χ3n) is 1.44. The monoisotopic (exact) mass is 193 g/mol. The summed E-state index contributed by atoms with van der Waals surface area (Å²) >= 11 is 3.53. The van der Waals surface area contributed by atoms with Crippen LogP contribution in [0.3, 0.4) is 0 Å². The molecule has 0 spiro atoms. The lowest BCUT2D eigenvalue weighted by Gasteiger charge is -1.85. The van der Waals surface area contributed by atoms with Gasteiger partial charge in [-0.25, -0.2) is 0 Å². The van der Waals surface area contributed by atoms with Gasteiger partial charge in [0.05, 0.1) is 5.35 Å². The lowest BCUT2D eigenvalue weighted by molar-refractivity contribution is 1.22. The van der Waals surface area contributed by atoms with Crippen LogP contribution in [0, 0.1) is 0 Å². The fourth-order valence-corrected chi connectivity index (χ4v) is 0.939. The van der Waals surface area contributed by atoms with Crippen LogP contribution in [0.25, 0.3) is 12.2 Å². The van der Waals surface area contributed by atoms with Crippen LogP contribution < -0.4 is 10.6 Å². The lowest BCUT2D eigenvalue weighted by Crippen LogP contribution is -2.26. The Morgan fingerprint density at radius 2 is 2.15 bits per heavy atom. The normalized spacial score (nSPS) is 11.9. The third kappa shape index (κ3) is 3.95. The molecule has 0 fully saturated rings. The summed E-state index contributed by atoms with van der Waals surface area (Å²) in [5.41, 5.74) is 0. The molecular formula is C11H15NS. The molecule has 0 N–H and O–H groups in total. The van der Waals surface area contributed by atoms with Crippen molar-refractivity contribution in [1.29, 1.82) is 0 Å². The topological polar surface area (TPSA) is 12.9 Å². The molecule has 1 rings (SSSR count). The van der Waals surface area contributed by atoms with Gasteiger partial charge in [0, 0.05) is 6.20 Å². The van der Waals surface area contributed by atoms with Crippen LogP contribution >= 0.6 is 12.6 Å². The van der Waals surface area contributed by atoms with E-state index in [1.807, 2.05) is 31.2 Å². The molecule has 0 bridgehead atoms. The fraction of sp³-hybridized carbons (Fsp3) is 0.182. The van der Waals surface area contributed by atoms with Gasteiger partial charge in [-0.1, -0.05) is 30.9 Å². The fourth-order valence-electron chi connectivity index (χ4n) is 0.939. The first-order valence-electron chi connectivity index (χ1n) is 4.03. The quantitative estimate of drug-likeness (QED) is 0.665. The van der Waals surface area contributed by atoms with Crippen molar-refractivity contribution in [3.8, 4) is 0 Å². The first-order chi connectivity index (χ1) is 6.38. The highest BCUT2D eigenvalue weighted by atomic mass is 32.1. The van der Waals surface area contributed by atoms with Gasteiger partial charge in [0.25, 0.3) is 0 Å². The molecule has 0 aliphatic heterocycles.